The maximum atomic E-state index is 14.2. The van der Waals surface area contributed by atoms with Gasteiger partial charge in [0, 0.05) is 50.7 Å². The lowest BCUT2D eigenvalue weighted by atomic mass is 9.93. The summed E-state index contributed by atoms with van der Waals surface area (Å²) in [4.78, 5) is 34.3. The van der Waals surface area contributed by atoms with E-state index in [0.717, 1.165) is 52.7 Å². The first kappa shape index (κ1) is 29.0. The zero-order valence-corrected chi connectivity index (χ0v) is 24.2. The minimum absolute atomic E-state index is 0.0837. The average Bonchev–Trinajstić information content (AvgIpc) is 3.40. The molecule has 1 aromatic heterocycles. The van der Waals surface area contributed by atoms with Crippen LogP contribution in [0.4, 0.5) is 4.79 Å². The molecule has 2 heterocycles. The molecule has 1 fully saturated rings. The normalized spacial score (nSPS) is 16.4. The molecule has 7 heteroatoms. The van der Waals surface area contributed by atoms with E-state index in [1.54, 1.807) is 17.3 Å². The standard InChI is InChI=1S/C33H40N4O3/c1-23(25-13-16-34-17-14-25)30(28-12-11-26-9-7-8-10-27(26)21-28)31(38)36(6)24(2)29-15-19-37(22-29)20-18-35-32(39)40-33(3,4)5/h7-14,16-17,21,29H,2,15,18-20,22H2,1,3-6H3,(H,35,39)/b30-23+. The number of nitrogens with zero attached hydrogens (tertiary/aromatic N) is 3. The summed E-state index contributed by atoms with van der Waals surface area (Å²) in [7, 11) is 1.82. The average molecular weight is 541 g/mol. The number of hydrogen-bond donors (Lipinski definition) is 1. The molecule has 3 aromatic rings. The molecule has 0 bridgehead atoms. The van der Waals surface area contributed by atoms with E-state index in [0.29, 0.717) is 18.7 Å². The van der Waals surface area contributed by atoms with E-state index in [4.69, 9.17) is 4.74 Å². The lowest BCUT2D eigenvalue weighted by molar-refractivity contribution is -0.122. The molecule has 4 rings (SSSR count). The number of likely N-dealkylation sites (tertiary alicyclic amines) is 1. The Morgan fingerprint density at radius 2 is 1.77 bits per heavy atom. The highest BCUT2D eigenvalue weighted by molar-refractivity contribution is 6.27. The van der Waals surface area contributed by atoms with Gasteiger partial charge in [-0.1, -0.05) is 43.0 Å². The number of rotatable bonds is 8. The first-order chi connectivity index (χ1) is 19.0. The fraction of sp³-hybridized carbons (Fsp3) is 0.364. The van der Waals surface area contributed by atoms with Crippen LogP contribution in [0, 0.1) is 5.92 Å². The summed E-state index contributed by atoms with van der Waals surface area (Å²) in [6, 6.07) is 18.2. The van der Waals surface area contributed by atoms with Gasteiger partial charge in [0.1, 0.15) is 5.60 Å². The molecule has 1 N–H and O–H groups in total. The van der Waals surface area contributed by atoms with E-state index in [9.17, 15) is 9.59 Å². The number of nitrogens with one attached hydrogen (secondary N) is 1. The number of pyridine rings is 1. The van der Waals surface area contributed by atoms with Gasteiger partial charge in [0.2, 0.25) is 0 Å². The zero-order chi connectivity index (χ0) is 28.9. The highest BCUT2D eigenvalue weighted by Gasteiger charge is 2.30. The molecule has 0 saturated carbocycles. The van der Waals surface area contributed by atoms with Crippen molar-refractivity contribution in [1.82, 2.24) is 20.1 Å². The quantitative estimate of drug-likeness (QED) is 0.356. The van der Waals surface area contributed by atoms with Gasteiger partial charge < -0.3 is 19.9 Å². The van der Waals surface area contributed by atoms with Crippen molar-refractivity contribution in [3.05, 3.63) is 90.4 Å². The second kappa shape index (κ2) is 12.5. The van der Waals surface area contributed by atoms with Crippen LogP contribution in [0.5, 0.6) is 0 Å². The van der Waals surface area contributed by atoms with Crippen molar-refractivity contribution in [3.63, 3.8) is 0 Å². The Morgan fingerprint density at radius 3 is 2.48 bits per heavy atom. The van der Waals surface area contributed by atoms with Gasteiger partial charge >= 0.3 is 6.09 Å². The van der Waals surface area contributed by atoms with Crippen LogP contribution in [0.25, 0.3) is 21.9 Å². The topological polar surface area (TPSA) is 74.8 Å². The number of benzene rings is 2. The predicted molar refractivity (Wildman–Crippen MR) is 161 cm³/mol. The Bertz CT molecular complexity index is 1410. The lowest BCUT2D eigenvalue weighted by Gasteiger charge is -2.27. The van der Waals surface area contributed by atoms with Crippen LogP contribution in [0.2, 0.25) is 0 Å². The molecule has 1 aliphatic heterocycles. The first-order valence-electron chi connectivity index (χ1n) is 13.8. The summed E-state index contributed by atoms with van der Waals surface area (Å²) in [6.07, 6.45) is 3.99. The van der Waals surface area contributed by atoms with Crippen molar-refractivity contribution < 1.29 is 14.3 Å². The molecule has 1 aliphatic rings. The maximum Gasteiger partial charge on any atom is 0.407 e. The number of hydrogen-bond acceptors (Lipinski definition) is 5. The summed E-state index contributed by atoms with van der Waals surface area (Å²) < 4.78 is 5.32. The van der Waals surface area contributed by atoms with Crippen molar-refractivity contribution >= 4 is 33.9 Å². The van der Waals surface area contributed by atoms with Crippen molar-refractivity contribution in [1.29, 1.82) is 0 Å². The molecule has 0 aliphatic carbocycles. The zero-order valence-electron chi connectivity index (χ0n) is 24.2. The van der Waals surface area contributed by atoms with E-state index >= 15 is 0 Å². The Labute approximate surface area is 237 Å². The van der Waals surface area contributed by atoms with Crippen molar-refractivity contribution in [2.75, 3.05) is 33.2 Å². The van der Waals surface area contributed by atoms with Gasteiger partial charge in [-0.3, -0.25) is 9.78 Å². The molecule has 7 nitrogen and oxygen atoms in total. The van der Waals surface area contributed by atoms with E-state index < -0.39 is 11.7 Å². The smallest absolute Gasteiger partial charge is 0.407 e. The van der Waals surface area contributed by atoms with Gasteiger partial charge in [-0.25, -0.2) is 4.79 Å². The lowest BCUT2D eigenvalue weighted by Crippen LogP contribution is -2.37. The van der Waals surface area contributed by atoms with Crippen LogP contribution in [0.15, 0.2) is 79.3 Å². The SMILES string of the molecule is C=C(C1CCN(CCNC(=O)OC(C)(C)C)C1)N(C)C(=O)/C(=C(\C)c1ccncc1)c1ccc2ccccc2c1. The number of carbonyl (C=O) groups excluding carboxylic acids is 2. The monoisotopic (exact) mass is 540 g/mol. The Morgan fingerprint density at radius 1 is 1.07 bits per heavy atom. The Balaban J connectivity index is 1.49. The van der Waals surface area contributed by atoms with Gasteiger partial charge in [-0.2, -0.15) is 0 Å². The molecule has 2 amide bonds. The van der Waals surface area contributed by atoms with E-state index in [1.165, 1.54) is 0 Å². The van der Waals surface area contributed by atoms with Crippen LogP contribution in [-0.4, -0.2) is 65.6 Å². The summed E-state index contributed by atoms with van der Waals surface area (Å²) >= 11 is 0. The number of aromatic nitrogens is 1. The van der Waals surface area contributed by atoms with Gasteiger partial charge in [-0.15, -0.1) is 0 Å². The number of carbonyl (C=O) groups is 2. The molecule has 210 valence electrons. The van der Waals surface area contributed by atoms with E-state index in [-0.39, 0.29) is 11.8 Å². The van der Waals surface area contributed by atoms with Crippen molar-refractivity contribution in [2.24, 2.45) is 5.92 Å². The Hall–Kier alpha value is -3.97. The fourth-order valence-corrected chi connectivity index (χ4v) is 5.10. The molecule has 1 atom stereocenters. The molecule has 2 aromatic carbocycles. The summed E-state index contributed by atoms with van der Waals surface area (Å²) in [5.41, 5.74) is 3.65. The predicted octanol–water partition coefficient (Wildman–Crippen LogP) is 5.98. The first-order valence-corrected chi connectivity index (χ1v) is 13.8. The van der Waals surface area contributed by atoms with Crippen LogP contribution in [0.1, 0.15) is 45.2 Å². The fourth-order valence-electron chi connectivity index (χ4n) is 5.10. The largest absolute Gasteiger partial charge is 0.444 e. The number of alkyl carbamates (subject to hydrolysis) is 1. The Kier molecular flexibility index (Phi) is 9.05. The number of amides is 2. The third-order valence-electron chi connectivity index (χ3n) is 7.32. The maximum absolute atomic E-state index is 14.2. The highest BCUT2D eigenvalue weighted by atomic mass is 16.6. The molecule has 0 radical (unpaired) electrons. The molecule has 40 heavy (non-hydrogen) atoms. The van der Waals surface area contributed by atoms with E-state index in [2.05, 4.69) is 46.0 Å². The van der Waals surface area contributed by atoms with Crippen molar-refractivity contribution in [3.8, 4) is 0 Å². The molecule has 0 spiro atoms. The number of ether oxygens (including phenoxy) is 1. The number of fused-ring (bicyclic) bond motifs is 1. The summed E-state index contributed by atoms with van der Waals surface area (Å²) in [5, 5.41) is 5.04. The second-order valence-electron chi connectivity index (χ2n) is 11.4. The highest BCUT2D eigenvalue weighted by Crippen LogP contribution is 2.32. The van der Waals surface area contributed by atoms with Crippen LogP contribution in [0.3, 0.4) is 0 Å². The summed E-state index contributed by atoms with van der Waals surface area (Å²) in [5.74, 6) is 0.0641. The van der Waals surface area contributed by atoms with Crippen LogP contribution in [-0.2, 0) is 9.53 Å². The van der Waals surface area contributed by atoms with Gasteiger partial charge in [-0.05, 0) is 86.3 Å². The molecular weight excluding hydrogens is 500 g/mol. The summed E-state index contributed by atoms with van der Waals surface area (Å²) in [6.45, 7) is 14.8. The minimum Gasteiger partial charge on any atom is -0.444 e. The second-order valence-corrected chi connectivity index (χ2v) is 11.4. The minimum atomic E-state index is -0.520. The molecule has 1 unspecified atom stereocenters. The van der Waals surface area contributed by atoms with Crippen molar-refractivity contribution in [2.45, 2.75) is 39.7 Å². The van der Waals surface area contributed by atoms with Gasteiger partial charge in [0.05, 0.1) is 5.57 Å². The number of allylic oxidation sites excluding steroid dienone is 1. The molecule has 1 saturated heterocycles. The van der Waals surface area contributed by atoms with Crippen LogP contribution >= 0.6 is 0 Å². The van der Waals surface area contributed by atoms with E-state index in [1.807, 2.05) is 65.1 Å². The van der Waals surface area contributed by atoms with Gasteiger partial charge in [0.25, 0.3) is 5.91 Å². The van der Waals surface area contributed by atoms with Crippen LogP contribution < -0.4 is 5.32 Å². The third-order valence-corrected chi connectivity index (χ3v) is 7.32. The molecular formula is C33H40N4O3. The number of likely N-dealkylation sites (N-methyl/N-ethyl adjacent to an activating group) is 1. The third kappa shape index (κ3) is 7.16. The van der Waals surface area contributed by atoms with Gasteiger partial charge in [0.15, 0.2) is 0 Å².